The number of alkyl halides is 3. The molecule has 0 aromatic heterocycles. The number of nitrogens with zero attached hydrogens (tertiary/aromatic N) is 2. The fourth-order valence-corrected chi connectivity index (χ4v) is 3.78. The molecule has 0 bridgehead atoms. The summed E-state index contributed by atoms with van der Waals surface area (Å²) in [7, 11) is -2.47. The standard InChI is InChI=1S/C17H16F3N3O2S2/c1-11-4-7-14(10-15(11)17(18,19)20)27(24,25)13-8-5-12(6-9-13)23(3)16(26)22-21-2/h4-10H,2H2,1,3H3,(H,22,26). The van der Waals surface area contributed by atoms with E-state index in [4.69, 9.17) is 12.2 Å². The first kappa shape index (κ1) is 20.8. The minimum absolute atomic E-state index is 0.0461. The Morgan fingerprint density at radius 2 is 1.70 bits per heavy atom. The Morgan fingerprint density at radius 3 is 2.22 bits per heavy atom. The van der Waals surface area contributed by atoms with Crippen LogP contribution in [0.3, 0.4) is 0 Å². The zero-order valence-electron chi connectivity index (χ0n) is 14.4. The molecule has 0 spiro atoms. The van der Waals surface area contributed by atoms with Crippen molar-refractivity contribution in [2.45, 2.75) is 22.9 Å². The van der Waals surface area contributed by atoms with E-state index >= 15 is 0 Å². The molecule has 0 atom stereocenters. The highest BCUT2D eigenvalue weighted by Crippen LogP contribution is 2.34. The molecule has 10 heteroatoms. The Bertz CT molecular complexity index is 972. The molecule has 0 radical (unpaired) electrons. The van der Waals surface area contributed by atoms with Crippen molar-refractivity contribution in [1.29, 1.82) is 0 Å². The first-order valence-electron chi connectivity index (χ1n) is 7.51. The quantitative estimate of drug-likeness (QED) is 0.468. The predicted molar refractivity (Wildman–Crippen MR) is 102 cm³/mol. The zero-order valence-corrected chi connectivity index (χ0v) is 16.0. The van der Waals surface area contributed by atoms with E-state index in [1.807, 2.05) is 0 Å². The van der Waals surface area contributed by atoms with Crippen LogP contribution >= 0.6 is 12.2 Å². The van der Waals surface area contributed by atoms with Crippen LogP contribution < -0.4 is 10.3 Å². The van der Waals surface area contributed by atoms with Crippen molar-refractivity contribution in [3.05, 3.63) is 53.6 Å². The largest absolute Gasteiger partial charge is 0.416 e. The van der Waals surface area contributed by atoms with Crippen molar-refractivity contribution < 1.29 is 21.6 Å². The van der Waals surface area contributed by atoms with Gasteiger partial charge in [-0.15, -0.1) is 0 Å². The lowest BCUT2D eigenvalue weighted by molar-refractivity contribution is -0.138. The number of hydrogen-bond donors (Lipinski definition) is 1. The summed E-state index contributed by atoms with van der Waals surface area (Å²) in [6.45, 7) is 4.53. The molecule has 2 aromatic rings. The molecule has 0 aliphatic carbocycles. The second-order valence-corrected chi connectivity index (χ2v) is 7.94. The minimum atomic E-state index is -4.63. The molecule has 0 saturated carbocycles. The highest BCUT2D eigenvalue weighted by molar-refractivity contribution is 7.91. The molecule has 144 valence electrons. The summed E-state index contributed by atoms with van der Waals surface area (Å²) >= 11 is 5.06. The SMILES string of the molecule is C=NNC(=S)N(C)c1ccc(S(=O)(=O)c2ccc(C)c(C(F)(F)F)c2)cc1. The van der Waals surface area contributed by atoms with Gasteiger partial charge in [0.25, 0.3) is 0 Å². The normalized spacial score (nSPS) is 11.7. The van der Waals surface area contributed by atoms with Crippen LogP contribution in [0.5, 0.6) is 0 Å². The molecule has 0 unspecified atom stereocenters. The lowest BCUT2D eigenvalue weighted by atomic mass is 10.1. The minimum Gasteiger partial charge on any atom is -0.321 e. The Labute approximate surface area is 160 Å². The molecular weight excluding hydrogens is 399 g/mol. The lowest BCUT2D eigenvalue weighted by Crippen LogP contribution is -2.33. The van der Waals surface area contributed by atoms with Crippen LogP contribution in [0.1, 0.15) is 11.1 Å². The van der Waals surface area contributed by atoms with Gasteiger partial charge >= 0.3 is 6.18 Å². The molecule has 0 heterocycles. The van der Waals surface area contributed by atoms with Crippen LogP contribution in [-0.4, -0.2) is 27.3 Å². The first-order chi connectivity index (χ1) is 12.5. The van der Waals surface area contributed by atoms with Crippen LogP contribution in [0.25, 0.3) is 0 Å². The molecule has 2 rings (SSSR count). The summed E-state index contributed by atoms with van der Waals surface area (Å²) < 4.78 is 64.6. The summed E-state index contributed by atoms with van der Waals surface area (Å²) in [5.41, 5.74) is 2.03. The van der Waals surface area contributed by atoms with Crippen molar-refractivity contribution >= 4 is 39.6 Å². The molecule has 2 aromatic carbocycles. The molecule has 0 saturated heterocycles. The number of benzene rings is 2. The second kappa shape index (κ2) is 7.65. The summed E-state index contributed by atoms with van der Waals surface area (Å²) in [6.07, 6.45) is -4.63. The monoisotopic (exact) mass is 415 g/mol. The van der Waals surface area contributed by atoms with Gasteiger partial charge in [0, 0.05) is 19.5 Å². The third kappa shape index (κ3) is 4.45. The first-order valence-corrected chi connectivity index (χ1v) is 9.40. The highest BCUT2D eigenvalue weighted by Gasteiger charge is 2.34. The summed E-state index contributed by atoms with van der Waals surface area (Å²) in [6, 6.07) is 8.54. The number of aryl methyl sites for hydroxylation is 1. The Hall–Kier alpha value is -2.46. The van der Waals surface area contributed by atoms with Crippen LogP contribution in [0.15, 0.2) is 57.4 Å². The van der Waals surface area contributed by atoms with Crippen LogP contribution in [0, 0.1) is 6.92 Å². The van der Waals surface area contributed by atoms with Gasteiger partial charge in [-0.3, -0.25) is 5.43 Å². The molecular formula is C17H16F3N3O2S2. The number of rotatable bonds is 4. The Morgan fingerprint density at radius 1 is 1.15 bits per heavy atom. The Balaban J connectivity index is 2.40. The number of anilines is 1. The number of nitrogens with one attached hydrogen (secondary N) is 1. The van der Waals surface area contributed by atoms with Crippen LogP contribution in [0.2, 0.25) is 0 Å². The van der Waals surface area contributed by atoms with Gasteiger partial charge in [-0.2, -0.15) is 18.3 Å². The summed E-state index contributed by atoms with van der Waals surface area (Å²) in [4.78, 5) is 0.987. The number of hydrogen-bond acceptors (Lipinski definition) is 4. The molecule has 0 aliphatic rings. The Kier molecular flexibility index (Phi) is 5.91. The number of sulfone groups is 1. The fraction of sp³-hybridized carbons (Fsp3) is 0.176. The maximum absolute atomic E-state index is 13.1. The number of halogens is 3. The average Bonchev–Trinajstić information content (AvgIpc) is 2.60. The fourth-order valence-electron chi connectivity index (χ4n) is 2.32. The number of thiocarbonyl (C=S) groups is 1. The van der Waals surface area contributed by atoms with E-state index in [1.165, 1.54) is 36.1 Å². The third-order valence-electron chi connectivity index (χ3n) is 3.84. The van der Waals surface area contributed by atoms with Crippen molar-refractivity contribution in [3.8, 4) is 0 Å². The van der Waals surface area contributed by atoms with Gasteiger partial charge in [-0.25, -0.2) is 8.42 Å². The lowest BCUT2D eigenvalue weighted by Gasteiger charge is -2.19. The van der Waals surface area contributed by atoms with Crippen molar-refractivity contribution in [3.63, 3.8) is 0 Å². The average molecular weight is 415 g/mol. The number of hydrazone groups is 1. The smallest absolute Gasteiger partial charge is 0.321 e. The van der Waals surface area contributed by atoms with Gasteiger partial charge < -0.3 is 4.90 Å². The summed E-state index contributed by atoms with van der Waals surface area (Å²) in [5.74, 6) is 0. The van der Waals surface area contributed by atoms with E-state index in [2.05, 4.69) is 17.2 Å². The van der Waals surface area contributed by atoms with E-state index in [1.54, 1.807) is 7.05 Å². The van der Waals surface area contributed by atoms with Gasteiger partial charge in [0.05, 0.1) is 15.4 Å². The van der Waals surface area contributed by atoms with E-state index in [9.17, 15) is 21.6 Å². The van der Waals surface area contributed by atoms with Crippen molar-refractivity contribution in [2.24, 2.45) is 5.10 Å². The van der Waals surface area contributed by atoms with Gasteiger partial charge in [-0.1, -0.05) is 6.07 Å². The van der Waals surface area contributed by atoms with E-state index in [0.717, 1.165) is 12.1 Å². The van der Waals surface area contributed by atoms with Crippen LogP contribution in [-0.2, 0) is 16.0 Å². The topological polar surface area (TPSA) is 61.8 Å². The predicted octanol–water partition coefficient (Wildman–Crippen LogP) is 3.77. The second-order valence-electron chi connectivity index (χ2n) is 5.61. The van der Waals surface area contributed by atoms with Gasteiger partial charge in [-0.05, 0) is 61.1 Å². The maximum atomic E-state index is 13.1. The summed E-state index contributed by atoms with van der Waals surface area (Å²) in [5, 5.41) is 3.69. The molecule has 0 aliphatic heterocycles. The van der Waals surface area contributed by atoms with Crippen molar-refractivity contribution in [1.82, 2.24) is 5.43 Å². The van der Waals surface area contributed by atoms with Crippen LogP contribution in [0.4, 0.5) is 18.9 Å². The van der Waals surface area contributed by atoms with Gasteiger partial charge in [0.15, 0.2) is 5.11 Å². The highest BCUT2D eigenvalue weighted by atomic mass is 32.2. The molecule has 1 N–H and O–H groups in total. The van der Waals surface area contributed by atoms with E-state index < -0.39 is 26.5 Å². The molecule has 5 nitrogen and oxygen atoms in total. The maximum Gasteiger partial charge on any atom is 0.416 e. The van der Waals surface area contributed by atoms with Gasteiger partial charge in [0.1, 0.15) is 0 Å². The molecule has 0 amide bonds. The van der Waals surface area contributed by atoms with E-state index in [-0.39, 0.29) is 15.6 Å². The molecule has 27 heavy (non-hydrogen) atoms. The van der Waals surface area contributed by atoms with E-state index in [0.29, 0.717) is 11.8 Å². The molecule has 0 fully saturated rings. The zero-order chi connectivity index (χ0) is 20.4. The van der Waals surface area contributed by atoms with Crippen molar-refractivity contribution in [2.75, 3.05) is 11.9 Å². The third-order valence-corrected chi connectivity index (χ3v) is 5.97. The van der Waals surface area contributed by atoms with Gasteiger partial charge in [0.2, 0.25) is 9.84 Å².